The van der Waals surface area contributed by atoms with E-state index in [9.17, 15) is 0 Å². The monoisotopic (exact) mass is 307 g/mol. The fraction of sp³-hybridized carbons (Fsp3) is 0.500. The molecule has 0 aliphatic carbocycles. The second kappa shape index (κ2) is 8.58. The Morgan fingerprint density at radius 1 is 1.10 bits per heavy atom. The fourth-order valence-electron chi connectivity index (χ4n) is 1.77. The highest BCUT2D eigenvalue weighted by Gasteiger charge is 2.42. The minimum atomic E-state index is -2.83. The summed E-state index contributed by atoms with van der Waals surface area (Å²) in [5.74, 6) is 0.719. The van der Waals surface area contributed by atoms with Crippen molar-refractivity contribution in [1.82, 2.24) is 0 Å². The average Bonchev–Trinajstić information content (AvgIpc) is 2.35. The molecule has 0 N–H and O–H groups in total. The van der Waals surface area contributed by atoms with Crippen LogP contribution in [-0.4, -0.2) is 19.8 Å². The van der Waals surface area contributed by atoms with Gasteiger partial charge in [0.05, 0.1) is 0 Å². The van der Waals surface area contributed by atoms with Gasteiger partial charge in [0.25, 0.3) is 0 Å². The van der Waals surface area contributed by atoms with E-state index in [1.165, 1.54) is 5.56 Å². The molecule has 0 saturated heterocycles. The third-order valence-electron chi connectivity index (χ3n) is 2.45. The molecule has 0 spiro atoms. The minimum absolute atomic E-state index is 0.0518. The molecule has 21 heavy (non-hydrogen) atoms. The Bertz CT molecular complexity index is 436. The molecule has 0 amide bonds. The molecule has 114 valence electrons. The molecule has 0 aromatic heterocycles. The molecule has 0 unspecified atom stereocenters. The summed E-state index contributed by atoms with van der Waals surface area (Å²) in [6.07, 6.45) is 2.67. The van der Waals surface area contributed by atoms with Crippen molar-refractivity contribution in [1.29, 1.82) is 0 Å². The van der Waals surface area contributed by atoms with E-state index in [1.54, 1.807) is 0 Å². The molecule has 2 radical (unpaired) electrons. The van der Waals surface area contributed by atoms with Gasteiger partial charge in [0, 0.05) is 0 Å². The van der Waals surface area contributed by atoms with Crippen molar-refractivity contribution in [3.63, 3.8) is 0 Å². The number of hydrogen-bond donors (Lipinski definition) is 0. The molecule has 0 aliphatic heterocycles. The van der Waals surface area contributed by atoms with Crippen LogP contribution in [0.5, 0.6) is 0 Å². The second-order valence-electron chi connectivity index (χ2n) is 5.44. The lowest BCUT2D eigenvalue weighted by molar-refractivity contribution is 0.121. The lowest BCUT2D eigenvalue weighted by Gasteiger charge is -2.23. The van der Waals surface area contributed by atoms with Crippen molar-refractivity contribution < 1.29 is 13.6 Å². The summed E-state index contributed by atoms with van der Waals surface area (Å²) in [6, 6.07) is 10.2. The maximum Gasteiger partial charge on any atom is 0.501 e. The van der Waals surface area contributed by atoms with Crippen LogP contribution in [0, 0.1) is 0 Å². The predicted octanol–water partition coefficient (Wildman–Crippen LogP) is 4.85. The standard InChI is InChI=1S/C16H25BO3P/c1-13(2)18-21(17,19-14(3)4)20-15(5)11-12-16-9-7-6-8-10-16/h6-11,13-14H,12H2,1-5H3/q+1. The first-order valence-electron chi connectivity index (χ1n) is 7.25. The van der Waals surface area contributed by atoms with Gasteiger partial charge in [-0.2, -0.15) is 9.05 Å². The van der Waals surface area contributed by atoms with E-state index in [1.807, 2.05) is 58.9 Å². The summed E-state index contributed by atoms with van der Waals surface area (Å²) in [5, 5.41) is 0. The minimum Gasteiger partial charge on any atom is -0.314 e. The van der Waals surface area contributed by atoms with Crippen LogP contribution in [0.25, 0.3) is 0 Å². The van der Waals surface area contributed by atoms with Crippen molar-refractivity contribution in [2.75, 3.05) is 0 Å². The number of hydrogen-bond acceptors (Lipinski definition) is 3. The molecule has 0 atom stereocenters. The van der Waals surface area contributed by atoms with Crippen molar-refractivity contribution in [3.8, 4) is 0 Å². The molecule has 0 bridgehead atoms. The van der Waals surface area contributed by atoms with E-state index < -0.39 is 7.82 Å². The highest BCUT2D eigenvalue weighted by atomic mass is 31.2. The van der Waals surface area contributed by atoms with E-state index in [4.69, 9.17) is 21.1 Å². The lowest BCUT2D eigenvalue weighted by Crippen LogP contribution is -2.15. The maximum atomic E-state index is 6.17. The molecule has 3 nitrogen and oxygen atoms in total. The van der Waals surface area contributed by atoms with Gasteiger partial charge in [0.1, 0.15) is 18.0 Å². The smallest absolute Gasteiger partial charge is 0.314 e. The van der Waals surface area contributed by atoms with E-state index in [2.05, 4.69) is 12.1 Å². The summed E-state index contributed by atoms with van der Waals surface area (Å²) in [4.78, 5) is 0. The van der Waals surface area contributed by atoms with Crippen LogP contribution in [-0.2, 0) is 20.0 Å². The van der Waals surface area contributed by atoms with Gasteiger partial charge < -0.3 is 4.52 Å². The number of allylic oxidation sites excluding steroid dienone is 2. The molecular weight excluding hydrogens is 282 g/mol. The Balaban J connectivity index is 2.68. The van der Waals surface area contributed by atoms with Crippen molar-refractivity contribution >= 4 is 15.4 Å². The van der Waals surface area contributed by atoms with E-state index in [-0.39, 0.29) is 12.2 Å². The van der Waals surface area contributed by atoms with Gasteiger partial charge in [-0.25, -0.2) is 0 Å². The van der Waals surface area contributed by atoms with Gasteiger partial charge in [-0.05, 0) is 52.7 Å². The third kappa shape index (κ3) is 7.66. The molecule has 0 saturated carbocycles. The highest BCUT2D eigenvalue weighted by molar-refractivity contribution is 7.86. The largest absolute Gasteiger partial charge is 0.501 e. The molecule has 5 heteroatoms. The zero-order valence-corrected chi connectivity index (χ0v) is 14.5. The lowest BCUT2D eigenvalue weighted by atomic mass is 10.1. The molecule has 1 aromatic carbocycles. The van der Waals surface area contributed by atoms with Crippen molar-refractivity contribution in [3.05, 3.63) is 47.7 Å². The van der Waals surface area contributed by atoms with Gasteiger partial charge in [0.2, 0.25) is 0 Å². The van der Waals surface area contributed by atoms with E-state index >= 15 is 0 Å². The van der Waals surface area contributed by atoms with E-state index in [0.717, 1.165) is 12.2 Å². The first-order valence-corrected chi connectivity index (χ1v) is 8.86. The van der Waals surface area contributed by atoms with E-state index in [0.29, 0.717) is 0 Å². The average molecular weight is 307 g/mol. The molecule has 0 heterocycles. The predicted molar refractivity (Wildman–Crippen MR) is 90.1 cm³/mol. The fourth-order valence-corrected chi connectivity index (χ4v) is 3.56. The Morgan fingerprint density at radius 3 is 2.10 bits per heavy atom. The van der Waals surface area contributed by atoms with Crippen LogP contribution in [0.1, 0.15) is 40.2 Å². The van der Waals surface area contributed by atoms with Crippen LogP contribution < -0.4 is 0 Å². The molecule has 0 aliphatic rings. The summed E-state index contributed by atoms with van der Waals surface area (Å²) >= 11 is 0. The van der Waals surface area contributed by atoms with Crippen LogP contribution in [0.15, 0.2) is 42.2 Å². The van der Waals surface area contributed by atoms with Gasteiger partial charge in [-0.15, -0.1) is 0 Å². The van der Waals surface area contributed by atoms with Crippen molar-refractivity contribution in [2.45, 2.75) is 53.2 Å². The molecule has 0 fully saturated rings. The van der Waals surface area contributed by atoms with Gasteiger partial charge in [-0.1, -0.05) is 30.3 Å². The van der Waals surface area contributed by atoms with Crippen LogP contribution in [0.2, 0.25) is 0 Å². The zero-order chi connectivity index (χ0) is 15.9. The summed E-state index contributed by atoms with van der Waals surface area (Å²) in [6.45, 7) is 9.53. The Labute approximate surface area is 130 Å². The Morgan fingerprint density at radius 2 is 1.62 bits per heavy atom. The second-order valence-corrected chi connectivity index (χ2v) is 7.13. The third-order valence-corrected chi connectivity index (χ3v) is 4.43. The normalized spacial score (nSPS) is 13.0. The highest BCUT2D eigenvalue weighted by Crippen LogP contribution is 2.60. The summed E-state index contributed by atoms with van der Waals surface area (Å²) in [7, 11) is 3.35. The molecule has 1 rings (SSSR count). The first kappa shape index (κ1) is 18.2. The number of rotatable bonds is 8. The van der Waals surface area contributed by atoms with Crippen LogP contribution >= 0.6 is 7.82 Å². The quantitative estimate of drug-likeness (QED) is 0.390. The Hall–Kier alpha value is -0.825. The van der Waals surface area contributed by atoms with Crippen LogP contribution in [0.3, 0.4) is 0 Å². The van der Waals surface area contributed by atoms with Gasteiger partial charge >= 0.3 is 15.4 Å². The summed E-state index contributed by atoms with van der Waals surface area (Å²) in [5.41, 5.74) is 1.22. The topological polar surface area (TPSA) is 27.7 Å². The Kier molecular flexibility index (Phi) is 7.44. The molecule has 1 aromatic rings. The van der Waals surface area contributed by atoms with Crippen molar-refractivity contribution in [2.24, 2.45) is 0 Å². The summed E-state index contributed by atoms with van der Waals surface area (Å²) < 4.78 is 17.1. The zero-order valence-electron chi connectivity index (χ0n) is 13.6. The number of benzene rings is 1. The SMILES string of the molecule is [B][P+](OC(C)=CCc1ccccc1)(OC(C)C)OC(C)C. The maximum absolute atomic E-state index is 6.17. The van der Waals surface area contributed by atoms with Crippen LogP contribution in [0.4, 0.5) is 0 Å². The van der Waals surface area contributed by atoms with Gasteiger partial charge in [0.15, 0.2) is 0 Å². The first-order chi connectivity index (χ1) is 9.81. The van der Waals surface area contributed by atoms with Gasteiger partial charge in [-0.3, -0.25) is 0 Å². The molecular formula is C16H25BO3P+.